The quantitative estimate of drug-likeness (QED) is 0.376. The van der Waals surface area contributed by atoms with Crippen molar-refractivity contribution < 1.29 is 33.1 Å². The summed E-state index contributed by atoms with van der Waals surface area (Å²) in [6.45, 7) is 0. The van der Waals surface area contributed by atoms with E-state index in [1.165, 1.54) is 0 Å². The molecule has 0 radical (unpaired) electrons. The molecule has 0 saturated carbocycles. The van der Waals surface area contributed by atoms with Crippen molar-refractivity contribution in [1.29, 1.82) is 0 Å². The number of aromatic nitrogens is 2. The number of phosphoric ester groups is 1. The number of H-pyrrole nitrogens is 1. The van der Waals surface area contributed by atoms with Crippen molar-refractivity contribution in [3.63, 3.8) is 0 Å². The van der Waals surface area contributed by atoms with Crippen molar-refractivity contribution in [1.82, 2.24) is 9.55 Å². The van der Waals surface area contributed by atoms with Crippen LogP contribution in [0.25, 0.3) is 0 Å². The van der Waals surface area contributed by atoms with Gasteiger partial charge in [-0.1, -0.05) is 5.92 Å². The van der Waals surface area contributed by atoms with Crippen LogP contribution in [-0.2, 0) is 13.8 Å². The summed E-state index contributed by atoms with van der Waals surface area (Å²) in [5.41, 5.74) is -2.20. The Labute approximate surface area is 127 Å². The molecule has 4 atom stereocenters. The standard InChI is InChI=1S/C11H12FN2O8P/c1-2-7(22-23(18,19)20)9-6(15)3-8(21-9)14-4-5(12)10(16)13-11(14)17/h1,4,6-9,15H,3H2,(H,13,16,17)(H2,18,19,20)/t6?,7-,8-,9+/m1/s1. The molecule has 10 nitrogen and oxygen atoms in total. The number of aromatic amines is 1. The lowest BCUT2D eigenvalue weighted by atomic mass is 10.1. The van der Waals surface area contributed by atoms with Crippen LogP contribution in [0.15, 0.2) is 15.8 Å². The highest BCUT2D eigenvalue weighted by Gasteiger charge is 2.42. The lowest BCUT2D eigenvalue weighted by Gasteiger charge is -2.22. The fourth-order valence-corrected chi connectivity index (χ4v) is 2.61. The van der Waals surface area contributed by atoms with Crippen LogP contribution in [0.4, 0.5) is 4.39 Å². The number of nitrogens with one attached hydrogen (secondary N) is 1. The number of rotatable bonds is 4. The van der Waals surface area contributed by atoms with E-state index < -0.39 is 49.4 Å². The number of hydrogen-bond acceptors (Lipinski definition) is 6. The lowest BCUT2D eigenvalue weighted by Crippen LogP contribution is -2.36. The minimum atomic E-state index is -4.94. The molecule has 2 rings (SSSR count). The van der Waals surface area contributed by atoms with Gasteiger partial charge in [-0.05, 0) is 0 Å². The van der Waals surface area contributed by atoms with Gasteiger partial charge in [0.1, 0.15) is 12.3 Å². The second kappa shape index (κ2) is 6.37. The largest absolute Gasteiger partial charge is 0.470 e. The summed E-state index contributed by atoms with van der Waals surface area (Å²) in [6.07, 6.45) is -0.0516. The molecule has 0 spiro atoms. The van der Waals surface area contributed by atoms with E-state index in [1.807, 2.05) is 5.92 Å². The van der Waals surface area contributed by atoms with E-state index in [4.69, 9.17) is 20.9 Å². The predicted molar refractivity (Wildman–Crippen MR) is 71.6 cm³/mol. The SMILES string of the molecule is C#C[C@@H](OP(=O)(O)O)[C@H]1O[C@@H](n2cc(F)c(=O)[nH]c2=O)CC1O. The molecule has 1 unspecified atom stereocenters. The second-order valence-corrected chi connectivity index (χ2v) is 5.88. The topological polar surface area (TPSA) is 151 Å². The highest BCUT2D eigenvalue weighted by Crippen LogP contribution is 2.41. The van der Waals surface area contributed by atoms with Gasteiger partial charge in [0.05, 0.1) is 12.3 Å². The number of terminal acetylenes is 1. The molecule has 1 fully saturated rings. The first-order valence-electron chi connectivity index (χ1n) is 6.17. The number of nitrogens with zero attached hydrogens (tertiary/aromatic N) is 1. The molecule has 2 heterocycles. The van der Waals surface area contributed by atoms with Crippen molar-refractivity contribution in [3.05, 3.63) is 32.9 Å². The van der Waals surface area contributed by atoms with Crippen LogP contribution in [0.3, 0.4) is 0 Å². The van der Waals surface area contributed by atoms with E-state index in [9.17, 15) is 23.7 Å². The molecule has 0 aliphatic carbocycles. The third kappa shape index (κ3) is 3.94. The summed E-state index contributed by atoms with van der Waals surface area (Å²) >= 11 is 0. The Kier molecular flexibility index (Phi) is 4.86. The van der Waals surface area contributed by atoms with Crippen molar-refractivity contribution >= 4 is 7.82 Å². The molecule has 1 saturated heterocycles. The summed E-state index contributed by atoms with van der Waals surface area (Å²) in [5.74, 6) is 0.675. The van der Waals surface area contributed by atoms with Gasteiger partial charge < -0.3 is 19.6 Å². The Morgan fingerprint density at radius 2 is 2.22 bits per heavy atom. The second-order valence-electron chi connectivity index (χ2n) is 4.69. The minimum Gasteiger partial charge on any atom is -0.390 e. The number of halogens is 1. The number of aliphatic hydroxyl groups is 1. The van der Waals surface area contributed by atoms with E-state index in [2.05, 4.69) is 4.52 Å². The Hall–Kier alpha value is -1.80. The summed E-state index contributed by atoms with van der Waals surface area (Å²) in [7, 11) is -4.94. The van der Waals surface area contributed by atoms with Gasteiger partial charge in [0.15, 0.2) is 6.10 Å². The van der Waals surface area contributed by atoms with Crippen molar-refractivity contribution in [2.45, 2.75) is 31.0 Å². The average molecular weight is 350 g/mol. The average Bonchev–Trinajstić information content (AvgIpc) is 2.81. The maximum absolute atomic E-state index is 13.3. The summed E-state index contributed by atoms with van der Waals surface area (Å²) in [6, 6.07) is 0. The van der Waals surface area contributed by atoms with Gasteiger partial charge in [-0.2, -0.15) is 4.39 Å². The fraction of sp³-hybridized carbons (Fsp3) is 0.455. The number of phosphoric acid groups is 1. The van der Waals surface area contributed by atoms with Crippen LogP contribution in [0.2, 0.25) is 0 Å². The van der Waals surface area contributed by atoms with Crippen LogP contribution >= 0.6 is 7.82 Å². The van der Waals surface area contributed by atoms with E-state index in [-0.39, 0.29) is 6.42 Å². The zero-order valence-electron chi connectivity index (χ0n) is 11.3. The van der Waals surface area contributed by atoms with Crippen molar-refractivity contribution in [2.24, 2.45) is 0 Å². The minimum absolute atomic E-state index is 0.237. The summed E-state index contributed by atoms with van der Waals surface area (Å²) < 4.78 is 34.4. The van der Waals surface area contributed by atoms with Crippen LogP contribution in [0.5, 0.6) is 0 Å². The first-order valence-corrected chi connectivity index (χ1v) is 7.70. The highest BCUT2D eigenvalue weighted by molar-refractivity contribution is 7.46. The van der Waals surface area contributed by atoms with Gasteiger partial charge in [-0.25, -0.2) is 9.36 Å². The molecule has 0 aromatic carbocycles. The Morgan fingerprint density at radius 1 is 1.57 bits per heavy atom. The number of aliphatic hydroxyl groups excluding tert-OH is 1. The molecular weight excluding hydrogens is 338 g/mol. The van der Waals surface area contributed by atoms with Crippen molar-refractivity contribution in [3.8, 4) is 12.3 Å². The molecule has 0 amide bonds. The summed E-state index contributed by atoms with van der Waals surface area (Å²) in [5, 5.41) is 9.90. The van der Waals surface area contributed by atoms with Crippen LogP contribution < -0.4 is 11.2 Å². The van der Waals surface area contributed by atoms with E-state index >= 15 is 0 Å². The number of hydrogen-bond donors (Lipinski definition) is 4. The van der Waals surface area contributed by atoms with Gasteiger partial charge in [0, 0.05) is 6.42 Å². The molecule has 12 heteroatoms. The molecule has 126 valence electrons. The summed E-state index contributed by atoms with van der Waals surface area (Å²) in [4.78, 5) is 41.9. The first kappa shape index (κ1) is 17.6. The van der Waals surface area contributed by atoms with Crippen LogP contribution in [0.1, 0.15) is 12.6 Å². The maximum atomic E-state index is 13.3. The zero-order chi connectivity index (χ0) is 17.4. The Bertz CT molecular complexity index is 792. The Morgan fingerprint density at radius 3 is 2.78 bits per heavy atom. The van der Waals surface area contributed by atoms with E-state index in [0.29, 0.717) is 10.8 Å². The van der Waals surface area contributed by atoms with Gasteiger partial charge in [-0.3, -0.25) is 18.9 Å². The molecule has 1 aliphatic rings. The van der Waals surface area contributed by atoms with Crippen molar-refractivity contribution in [2.75, 3.05) is 0 Å². The van der Waals surface area contributed by atoms with E-state index in [1.54, 1.807) is 4.98 Å². The zero-order valence-corrected chi connectivity index (χ0v) is 12.2. The maximum Gasteiger partial charge on any atom is 0.470 e. The molecule has 1 aliphatic heterocycles. The molecule has 4 N–H and O–H groups in total. The molecule has 23 heavy (non-hydrogen) atoms. The smallest absolute Gasteiger partial charge is 0.390 e. The van der Waals surface area contributed by atoms with Gasteiger partial charge in [0.2, 0.25) is 5.82 Å². The predicted octanol–water partition coefficient (Wildman–Crippen LogP) is -1.56. The van der Waals surface area contributed by atoms with Gasteiger partial charge >= 0.3 is 13.5 Å². The molecular formula is C11H12FN2O8P. The van der Waals surface area contributed by atoms with E-state index in [0.717, 1.165) is 0 Å². The van der Waals surface area contributed by atoms with Gasteiger partial charge in [0.25, 0.3) is 5.56 Å². The molecule has 1 aromatic heterocycles. The fourth-order valence-electron chi connectivity index (χ4n) is 2.13. The van der Waals surface area contributed by atoms with Crippen LogP contribution in [-0.4, -0.2) is 42.8 Å². The van der Waals surface area contributed by atoms with Gasteiger partial charge in [-0.15, -0.1) is 6.42 Å². The lowest BCUT2D eigenvalue weighted by molar-refractivity contribution is -0.0641. The normalized spacial score (nSPS) is 26.0. The molecule has 1 aromatic rings. The molecule has 0 bridgehead atoms. The van der Waals surface area contributed by atoms with Crippen LogP contribution in [0, 0.1) is 18.2 Å². The third-order valence-corrected chi connectivity index (χ3v) is 3.59. The Balaban J connectivity index is 2.26. The monoisotopic (exact) mass is 350 g/mol. The third-order valence-electron chi connectivity index (χ3n) is 3.08. The first-order chi connectivity index (χ1) is 10.6. The highest BCUT2D eigenvalue weighted by atomic mass is 31.2. The number of ether oxygens (including phenoxy) is 1.